The molecule has 172 valence electrons. The lowest BCUT2D eigenvalue weighted by molar-refractivity contribution is -0.142. The molecular formula is C27H29ClN2O3. The summed E-state index contributed by atoms with van der Waals surface area (Å²) in [5.41, 5.74) is 1.82. The molecule has 0 aromatic heterocycles. The Balaban J connectivity index is 1.88. The molecule has 33 heavy (non-hydrogen) atoms. The summed E-state index contributed by atoms with van der Waals surface area (Å²) in [7, 11) is 0. The highest BCUT2D eigenvalue weighted by Crippen LogP contribution is 2.18. The van der Waals surface area contributed by atoms with Gasteiger partial charge in [0.15, 0.2) is 6.61 Å². The quantitative estimate of drug-likeness (QED) is 0.439. The first-order valence-corrected chi connectivity index (χ1v) is 11.5. The molecule has 0 bridgehead atoms. The van der Waals surface area contributed by atoms with Crippen LogP contribution in [0.3, 0.4) is 0 Å². The predicted molar refractivity (Wildman–Crippen MR) is 131 cm³/mol. The third-order valence-corrected chi connectivity index (χ3v) is 5.40. The van der Waals surface area contributed by atoms with Crippen molar-refractivity contribution in [3.05, 3.63) is 101 Å². The highest BCUT2D eigenvalue weighted by Gasteiger charge is 2.30. The fourth-order valence-electron chi connectivity index (χ4n) is 3.50. The van der Waals surface area contributed by atoms with Crippen molar-refractivity contribution in [3.8, 4) is 5.75 Å². The number of rotatable bonds is 11. The smallest absolute Gasteiger partial charge is 0.261 e. The number of hydrogen-bond acceptors (Lipinski definition) is 3. The molecule has 6 heteroatoms. The Labute approximate surface area is 200 Å². The van der Waals surface area contributed by atoms with Crippen LogP contribution >= 0.6 is 11.6 Å². The average molecular weight is 465 g/mol. The molecule has 0 aliphatic heterocycles. The largest absolute Gasteiger partial charge is 0.484 e. The molecule has 2 amide bonds. The van der Waals surface area contributed by atoms with Crippen LogP contribution in [0.25, 0.3) is 0 Å². The van der Waals surface area contributed by atoms with Gasteiger partial charge in [-0.05, 0) is 41.8 Å². The van der Waals surface area contributed by atoms with E-state index in [0.29, 0.717) is 23.7 Å². The van der Waals surface area contributed by atoms with Crippen LogP contribution in [0.4, 0.5) is 0 Å². The van der Waals surface area contributed by atoms with E-state index in [9.17, 15) is 9.59 Å². The van der Waals surface area contributed by atoms with Gasteiger partial charge in [-0.2, -0.15) is 0 Å². The molecule has 0 spiro atoms. The summed E-state index contributed by atoms with van der Waals surface area (Å²) in [6.07, 6.45) is 1.21. The van der Waals surface area contributed by atoms with E-state index in [1.165, 1.54) is 0 Å². The zero-order valence-corrected chi connectivity index (χ0v) is 19.5. The monoisotopic (exact) mass is 464 g/mol. The number of carbonyl (C=O) groups is 2. The molecule has 0 radical (unpaired) electrons. The summed E-state index contributed by atoms with van der Waals surface area (Å²) >= 11 is 6.18. The average Bonchev–Trinajstić information content (AvgIpc) is 2.84. The van der Waals surface area contributed by atoms with Crippen LogP contribution in [0.1, 0.15) is 24.5 Å². The van der Waals surface area contributed by atoms with Crippen LogP contribution in [-0.4, -0.2) is 35.9 Å². The molecule has 3 aromatic rings. The van der Waals surface area contributed by atoms with Crippen LogP contribution in [0.2, 0.25) is 5.02 Å². The maximum atomic E-state index is 13.4. The zero-order chi connectivity index (χ0) is 23.5. The lowest BCUT2D eigenvalue weighted by Gasteiger charge is -2.31. The topological polar surface area (TPSA) is 58.6 Å². The Hall–Kier alpha value is -3.31. The van der Waals surface area contributed by atoms with Crippen LogP contribution < -0.4 is 10.1 Å². The van der Waals surface area contributed by atoms with Crippen molar-refractivity contribution in [2.24, 2.45) is 0 Å². The summed E-state index contributed by atoms with van der Waals surface area (Å²) in [6, 6.07) is 25.5. The Kier molecular flexibility index (Phi) is 9.33. The first-order chi connectivity index (χ1) is 16.1. The van der Waals surface area contributed by atoms with Gasteiger partial charge in [-0.25, -0.2) is 0 Å². The number of nitrogens with one attached hydrogen (secondary N) is 1. The summed E-state index contributed by atoms with van der Waals surface area (Å²) in [4.78, 5) is 28.2. The molecule has 0 saturated carbocycles. The highest BCUT2D eigenvalue weighted by molar-refractivity contribution is 6.30. The van der Waals surface area contributed by atoms with Gasteiger partial charge in [0, 0.05) is 24.5 Å². The molecule has 0 heterocycles. The molecule has 0 fully saturated rings. The van der Waals surface area contributed by atoms with Crippen molar-refractivity contribution in [1.29, 1.82) is 0 Å². The van der Waals surface area contributed by atoms with Gasteiger partial charge in [0.05, 0.1) is 0 Å². The number of halogens is 1. The minimum Gasteiger partial charge on any atom is -0.484 e. The first kappa shape index (κ1) is 24.3. The number of ether oxygens (including phenoxy) is 1. The lowest BCUT2D eigenvalue weighted by Crippen LogP contribution is -2.51. The van der Waals surface area contributed by atoms with Crippen LogP contribution in [0, 0.1) is 0 Å². The highest BCUT2D eigenvalue weighted by atomic mass is 35.5. The molecule has 5 nitrogen and oxygen atoms in total. The van der Waals surface area contributed by atoms with E-state index in [0.717, 1.165) is 17.5 Å². The number of amides is 2. The van der Waals surface area contributed by atoms with E-state index < -0.39 is 6.04 Å². The van der Waals surface area contributed by atoms with Crippen molar-refractivity contribution in [3.63, 3.8) is 0 Å². The summed E-state index contributed by atoms with van der Waals surface area (Å²) < 4.78 is 5.72. The van der Waals surface area contributed by atoms with Crippen molar-refractivity contribution < 1.29 is 14.3 Å². The maximum absolute atomic E-state index is 13.4. The Bertz CT molecular complexity index is 1030. The molecule has 0 aliphatic carbocycles. The molecule has 1 atom stereocenters. The van der Waals surface area contributed by atoms with E-state index in [4.69, 9.17) is 16.3 Å². The number of nitrogens with zero attached hydrogens (tertiary/aromatic N) is 1. The second kappa shape index (κ2) is 12.7. The molecule has 3 rings (SSSR count). The van der Waals surface area contributed by atoms with Crippen LogP contribution in [-0.2, 0) is 22.6 Å². The molecular weight excluding hydrogens is 436 g/mol. The van der Waals surface area contributed by atoms with Crippen molar-refractivity contribution in [1.82, 2.24) is 10.2 Å². The van der Waals surface area contributed by atoms with Crippen molar-refractivity contribution >= 4 is 23.4 Å². The van der Waals surface area contributed by atoms with Crippen molar-refractivity contribution in [2.75, 3.05) is 13.2 Å². The third kappa shape index (κ3) is 7.65. The SMILES string of the molecule is CCCNC(=O)[C@H](Cc1ccccc1)N(Cc1cccc(Cl)c1)C(=O)COc1ccccc1. The molecule has 3 aromatic carbocycles. The normalized spacial score (nSPS) is 11.5. The van der Waals surface area contributed by atoms with Gasteiger partial charge in [-0.3, -0.25) is 9.59 Å². The Morgan fingerprint density at radius 2 is 1.61 bits per heavy atom. The van der Waals surface area contributed by atoms with Crippen LogP contribution in [0.5, 0.6) is 5.75 Å². The number of carbonyl (C=O) groups excluding carboxylic acids is 2. The standard InChI is InChI=1S/C27H29ClN2O3/c1-2-16-29-27(32)25(18-21-10-5-3-6-11-21)30(19-22-12-9-13-23(28)17-22)26(31)20-33-24-14-7-4-8-15-24/h3-15,17,25H,2,16,18-20H2,1H3,(H,29,32)/t25-/m0/s1. The van der Waals surface area contributed by atoms with E-state index in [1.807, 2.05) is 73.7 Å². The second-order valence-corrected chi connectivity index (χ2v) is 8.19. The van der Waals surface area contributed by atoms with Gasteiger partial charge in [0.2, 0.25) is 5.91 Å². The first-order valence-electron chi connectivity index (χ1n) is 11.1. The summed E-state index contributed by atoms with van der Waals surface area (Å²) in [6.45, 7) is 2.62. The Morgan fingerprint density at radius 1 is 0.939 bits per heavy atom. The minimum absolute atomic E-state index is 0.170. The number of para-hydroxylation sites is 1. The zero-order valence-electron chi connectivity index (χ0n) is 18.7. The fraction of sp³-hybridized carbons (Fsp3) is 0.259. The van der Waals surface area contributed by atoms with Gasteiger partial charge in [-0.15, -0.1) is 0 Å². The predicted octanol–water partition coefficient (Wildman–Crippen LogP) is 4.89. The van der Waals surface area contributed by atoms with E-state index in [2.05, 4.69) is 5.32 Å². The van der Waals surface area contributed by atoms with E-state index >= 15 is 0 Å². The number of hydrogen-bond donors (Lipinski definition) is 1. The minimum atomic E-state index is -0.690. The maximum Gasteiger partial charge on any atom is 0.261 e. The van der Waals surface area contributed by atoms with Gasteiger partial charge in [-0.1, -0.05) is 79.2 Å². The third-order valence-electron chi connectivity index (χ3n) is 5.17. The molecule has 0 aliphatic rings. The van der Waals surface area contributed by atoms with Crippen molar-refractivity contribution in [2.45, 2.75) is 32.4 Å². The van der Waals surface area contributed by atoms with Gasteiger partial charge >= 0.3 is 0 Å². The molecule has 0 unspecified atom stereocenters. The summed E-state index contributed by atoms with van der Waals surface area (Å²) in [5.74, 6) is 0.144. The van der Waals surface area contributed by atoms with E-state index in [1.54, 1.807) is 23.1 Å². The van der Waals surface area contributed by atoms with Crippen LogP contribution in [0.15, 0.2) is 84.9 Å². The fourth-order valence-corrected chi connectivity index (χ4v) is 3.71. The molecule has 0 saturated heterocycles. The summed E-state index contributed by atoms with van der Waals surface area (Å²) in [5, 5.41) is 3.54. The van der Waals surface area contributed by atoms with Gasteiger partial charge < -0.3 is 15.0 Å². The molecule has 1 N–H and O–H groups in total. The van der Waals surface area contributed by atoms with Gasteiger partial charge in [0.1, 0.15) is 11.8 Å². The number of benzene rings is 3. The lowest BCUT2D eigenvalue weighted by atomic mass is 10.0. The Morgan fingerprint density at radius 3 is 2.27 bits per heavy atom. The van der Waals surface area contributed by atoms with E-state index in [-0.39, 0.29) is 25.0 Å². The van der Waals surface area contributed by atoms with Gasteiger partial charge in [0.25, 0.3) is 5.91 Å². The second-order valence-electron chi connectivity index (χ2n) is 7.75.